The van der Waals surface area contributed by atoms with E-state index in [1.807, 2.05) is 29.2 Å². The zero-order valence-electron chi connectivity index (χ0n) is 12.8. The van der Waals surface area contributed by atoms with Gasteiger partial charge in [-0.15, -0.1) is 0 Å². The van der Waals surface area contributed by atoms with Gasteiger partial charge in [-0.3, -0.25) is 9.89 Å². The number of H-pyrrole nitrogens is 1. The van der Waals surface area contributed by atoms with Gasteiger partial charge in [0.15, 0.2) is 0 Å². The number of hydrogen-bond acceptors (Lipinski definition) is 3. The molecule has 0 radical (unpaired) electrons. The average molecular weight is 298 g/mol. The number of carbonyl (C=O) groups excluding carboxylic acids is 1. The maximum Gasteiger partial charge on any atom is 0.219 e. The molecule has 1 fully saturated rings. The van der Waals surface area contributed by atoms with E-state index in [9.17, 15) is 4.79 Å². The molecule has 1 amide bonds. The average Bonchev–Trinajstić information content (AvgIpc) is 2.88. The van der Waals surface area contributed by atoms with Crippen molar-refractivity contribution in [3.63, 3.8) is 0 Å². The number of benzene rings is 1. The first-order chi connectivity index (χ1) is 10.6. The fourth-order valence-corrected chi connectivity index (χ4v) is 3.15. The Kier molecular flexibility index (Phi) is 4.13. The summed E-state index contributed by atoms with van der Waals surface area (Å²) in [4.78, 5) is 13.9. The first kappa shape index (κ1) is 14.6. The van der Waals surface area contributed by atoms with Gasteiger partial charge in [0, 0.05) is 37.2 Å². The molecule has 2 aromatic rings. The largest absolute Gasteiger partial charge is 0.382 e. The lowest BCUT2D eigenvalue weighted by molar-refractivity contribution is -0.133. The number of anilines is 1. The normalized spacial score (nSPS) is 20.4. The minimum atomic E-state index is 0.156. The summed E-state index contributed by atoms with van der Waals surface area (Å²) in [5.41, 5.74) is 8.00. The second-order valence-electron chi connectivity index (χ2n) is 6.02. The standard InChI is InChI=1S/C17H22N4O/c1-12(22)21(8-7-13-5-3-2-4-6-13)15-9-14(10-15)16-11-17(18)20-19-16/h2-6,11,14-15H,7-10H2,1H3,(H3,18,19,20). The molecule has 0 unspecified atom stereocenters. The Morgan fingerprint density at radius 2 is 2.09 bits per heavy atom. The van der Waals surface area contributed by atoms with Crippen molar-refractivity contribution in [2.24, 2.45) is 0 Å². The second-order valence-corrected chi connectivity index (χ2v) is 6.02. The summed E-state index contributed by atoms with van der Waals surface area (Å²) in [5, 5.41) is 6.95. The van der Waals surface area contributed by atoms with Crippen LogP contribution < -0.4 is 5.73 Å². The molecule has 3 N–H and O–H groups in total. The Bertz CT molecular complexity index is 631. The smallest absolute Gasteiger partial charge is 0.219 e. The molecule has 5 heteroatoms. The van der Waals surface area contributed by atoms with Gasteiger partial charge in [0.25, 0.3) is 0 Å². The first-order valence-electron chi connectivity index (χ1n) is 7.75. The van der Waals surface area contributed by atoms with E-state index in [-0.39, 0.29) is 5.91 Å². The fourth-order valence-electron chi connectivity index (χ4n) is 3.15. The number of rotatable bonds is 5. The third kappa shape index (κ3) is 3.13. The third-order valence-corrected chi connectivity index (χ3v) is 4.50. The lowest BCUT2D eigenvalue weighted by Crippen LogP contribution is -2.47. The van der Waals surface area contributed by atoms with E-state index >= 15 is 0 Å². The summed E-state index contributed by atoms with van der Waals surface area (Å²) in [6, 6.07) is 12.5. The number of aromatic nitrogens is 2. The van der Waals surface area contributed by atoms with Gasteiger partial charge in [-0.25, -0.2) is 0 Å². The Labute approximate surface area is 130 Å². The van der Waals surface area contributed by atoms with Crippen LogP contribution in [0.25, 0.3) is 0 Å². The van der Waals surface area contributed by atoms with Gasteiger partial charge in [0.05, 0.1) is 0 Å². The van der Waals surface area contributed by atoms with Crippen LogP contribution in [0.5, 0.6) is 0 Å². The van der Waals surface area contributed by atoms with Crippen molar-refractivity contribution in [2.45, 2.75) is 38.1 Å². The molecule has 1 aromatic heterocycles. The Morgan fingerprint density at radius 3 is 2.68 bits per heavy atom. The van der Waals surface area contributed by atoms with Crippen LogP contribution in [0.15, 0.2) is 36.4 Å². The van der Waals surface area contributed by atoms with E-state index < -0.39 is 0 Å². The molecule has 116 valence electrons. The van der Waals surface area contributed by atoms with E-state index in [1.165, 1.54) is 5.56 Å². The van der Waals surface area contributed by atoms with Crippen LogP contribution in [0.1, 0.15) is 36.9 Å². The highest BCUT2D eigenvalue weighted by molar-refractivity contribution is 5.73. The highest BCUT2D eigenvalue weighted by atomic mass is 16.2. The van der Waals surface area contributed by atoms with Gasteiger partial charge in [-0.1, -0.05) is 30.3 Å². The zero-order valence-corrected chi connectivity index (χ0v) is 12.8. The molecule has 22 heavy (non-hydrogen) atoms. The highest BCUT2D eigenvalue weighted by Crippen LogP contribution is 2.39. The van der Waals surface area contributed by atoms with Gasteiger partial charge >= 0.3 is 0 Å². The number of nitrogens with zero attached hydrogens (tertiary/aromatic N) is 2. The second kappa shape index (κ2) is 6.22. The fraction of sp³-hybridized carbons (Fsp3) is 0.412. The predicted octanol–water partition coefficient (Wildman–Crippen LogP) is 2.33. The molecule has 5 nitrogen and oxygen atoms in total. The van der Waals surface area contributed by atoms with Crippen molar-refractivity contribution in [3.05, 3.63) is 47.7 Å². The molecule has 3 rings (SSSR count). The molecule has 0 bridgehead atoms. The van der Waals surface area contributed by atoms with Crippen molar-refractivity contribution >= 4 is 11.7 Å². The SMILES string of the molecule is CC(=O)N(CCc1ccccc1)C1CC(c2cc(N)n[nH]2)C1. The van der Waals surface area contributed by atoms with Crippen molar-refractivity contribution < 1.29 is 4.79 Å². The summed E-state index contributed by atoms with van der Waals surface area (Å²) in [7, 11) is 0. The molecule has 1 aromatic carbocycles. The molecule has 1 heterocycles. The summed E-state index contributed by atoms with van der Waals surface area (Å²) >= 11 is 0. The first-order valence-corrected chi connectivity index (χ1v) is 7.75. The number of nitrogens with one attached hydrogen (secondary N) is 1. The van der Waals surface area contributed by atoms with E-state index in [0.717, 1.165) is 31.5 Å². The maximum absolute atomic E-state index is 11.9. The zero-order chi connectivity index (χ0) is 15.5. The summed E-state index contributed by atoms with van der Waals surface area (Å²) in [6.45, 7) is 2.44. The topological polar surface area (TPSA) is 75.0 Å². The summed E-state index contributed by atoms with van der Waals surface area (Å²) in [6.07, 6.45) is 2.87. The molecular weight excluding hydrogens is 276 g/mol. The Balaban J connectivity index is 1.56. The monoisotopic (exact) mass is 298 g/mol. The summed E-state index contributed by atoms with van der Waals surface area (Å²) in [5.74, 6) is 1.13. The van der Waals surface area contributed by atoms with Crippen LogP contribution >= 0.6 is 0 Å². The van der Waals surface area contributed by atoms with Crippen molar-refractivity contribution in [3.8, 4) is 0 Å². The van der Waals surface area contributed by atoms with Crippen LogP contribution in [0.2, 0.25) is 0 Å². The number of nitrogen functional groups attached to an aromatic ring is 1. The van der Waals surface area contributed by atoms with Gasteiger partial charge in [-0.05, 0) is 24.8 Å². The number of amides is 1. The highest BCUT2D eigenvalue weighted by Gasteiger charge is 2.36. The third-order valence-electron chi connectivity index (χ3n) is 4.50. The maximum atomic E-state index is 11.9. The molecule has 1 aliphatic rings. The van der Waals surface area contributed by atoms with Crippen molar-refractivity contribution in [2.75, 3.05) is 12.3 Å². The van der Waals surface area contributed by atoms with Crippen molar-refractivity contribution in [1.82, 2.24) is 15.1 Å². The number of aromatic amines is 1. The molecule has 1 aliphatic carbocycles. The van der Waals surface area contributed by atoms with Gasteiger partial charge in [-0.2, -0.15) is 5.10 Å². The molecule has 0 atom stereocenters. The van der Waals surface area contributed by atoms with Gasteiger partial charge in [0.2, 0.25) is 5.91 Å². The van der Waals surface area contributed by atoms with E-state index in [0.29, 0.717) is 17.8 Å². The minimum Gasteiger partial charge on any atom is -0.382 e. The van der Waals surface area contributed by atoms with Crippen LogP contribution in [-0.4, -0.2) is 33.6 Å². The van der Waals surface area contributed by atoms with Gasteiger partial charge in [0.1, 0.15) is 5.82 Å². The molecule has 0 saturated heterocycles. The van der Waals surface area contributed by atoms with Crippen molar-refractivity contribution in [1.29, 1.82) is 0 Å². The van der Waals surface area contributed by atoms with Crippen LogP contribution in [-0.2, 0) is 11.2 Å². The Morgan fingerprint density at radius 1 is 1.36 bits per heavy atom. The molecule has 0 aliphatic heterocycles. The lowest BCUT2D eigenvalue weighted by Gasteiger charge is -2.42. The van der Waals surface area contributed by atoms with E-state index in [1.54, 1.807) is 6.92 Å². The van der Waals surface area contributed by atoms with E-state index in [2.05, 4.69) is 22.3 Å². The predicted molar refractivity (Wildman–Crippen MR) is 86.3 cm³/mol. The number of carbonyl (C=O) groups is 1. The summed E-state index contributed by atoms with van der Waals surface area (Å²) < 4.78 is 0. The number of nitrogens with two attached hydrogens (primary N) is 1. The van der Waals surface area contributed by atoms with Crippen LogP contribution in [0.4, 0.5) is 5.82 Å². The molecular formula is C17H22N4O. The van der Waals surface area contributed by atoms with Crippen LogP contribution in [0, 0.1) is 0 Å². The van der Waals surface area contributed by atoms with Crippen LogP contribution in [0.3, 0.4) is 0 Å². The minimum absolute atomic E-state index is 0.156. The van der Waals surface area contributed by atoms with Gasteiger partial charge < -0.3 is 10.6 Å². The molecule has 0 spiro atoms. The van der Waals surface area contributed by atoms with E-state index in [4.69, 9.17) is 5.73 Å². The molecule has 1 saturated carbocycles. The number of hydrogen-bond donors (Lipinski definition) is 2. The Hall–Kier alpha value is -2.30. The quantitative estimate of drug-likeness (QED) is 0.889. The lowest BCUT2D eigenvalue weighted by atomic mass is 9.77.